The van der Waals surface area contributed by atoms with E-state index in [1.54, 1.807) is 19.2 Å². The van der Waals surface area contributed by atoms with Crippen LogP contribution in [0, 0.1) is 0 Å². The second-order valence-corrected chi connectivity index (χ2v) is 6.90. The summed E-state index contributed by atoms with van der Waals surface area (Å²) >= 11 is 0. The van der Waals surface area contributed by atoms with Gasteiger partial charge >= 0.3 is 0 Å². The number of carbonyl (C=O) groups excluding carboxylic acids is 1. The summed E-state index contributed by atoms with van der Waals surface area (Å²) in [4.78, 5) is 18.4. The lowest BCUT2D eigenvalue weighted by atomic mass is 10.1. The molecule has 1 aromatic carbocycles. The van der Waals surface area contributed by atoms with E-state index in [4.69, 9.17) is 0 Å². The first-order valence-electron chi connectivity index (χ1n) is 9.86. The number of nitrogens with zero attached hydrogens (tertiary/aromatic N) is 2. The molecule has 1 aliphatic rings. The van der Waals surface area contributed by atoms with Crippen molar-refractivity contribution in [3.8, 4) is 5.75 Å². The van der Waals surface area contributed by atoms with Crippen molar-refractivity contribution in [2.45, 2.75) is 38.6 Å². The Morgan fingerprint density at radius 2 is 1.93 bits per heavy atom. The van der Waals surface area contributed by atoms with Crippen molar-refractivity contribution in [2.75, 3.05) is 39.8 Å². The van der Waals surface area contributed by atoms with Gasteiger partial charge in [-0.1, -0.05) is 12.1 Å². The van der Waals surface area contributed by atoms with E-state index in [1.807, 2.05) is 12.1 Å². The fourth-order valence-electron chi connectivity index (χ4n) is 3.17. The van der Waals surface area contributed by atoms with Crippen molar-refractivity contribution in [3.63, 3.8) is 0 Å². The number of halogens is 1. The highest BCUT2D eigenvalue weighted by Crippen LogP contribution is 2.11. The Bertz CT molecular complexity index is 601. The number of likely N-dealkylation sites (tertiary alicyclic amines) is 1. The van der Waals surface area contributed by atoms with Crippen LogP contribution in [0.1, 0.15) is 31.7 Å². The van der Waals surface area contributed by atoms with Gasteiger partial charge in [-0.2, -0.15) is 0 Å². The van der Waals surface area contributed by atoms with E-state index in [9.17, 15) is 9.90 Å². The van der Waals surface area contributed by atoms with Crippen LogP contribution in [-0.2, 0) is 11.2 Å². The number of piperidine rings is 1. The van der Waals surface area contributed by atoms with E-state index < -0.39 is 0 Å². The number of benzene rings is 1. The number of phenolic OH excluding ortho intramolecular Hbond substituents is 1. The molecule has 0 radical (unpaired) electrons. The molecule has 1 fully saturated rings. The maximum atomic E-state index is 11.5. The first-order valence-corrected chi connectivity index (χ1v) is 9.86. The molecule has 1 heterocycles. The lowest BCUT2D eigenvalue weighted by Crippen LogP contribution is -2.50. The molecule has 0 aromatic heterocycles. The van der Waals surface area contributed by atoms with Gasteiger partial charge in [-0.3, -0.25) is 14.7 Å². The minimum Gasteiger partial charge on any atom is -0.508 e. The highest BCUT2D eigenvalue weighted by atomic mass is 127. The average molecular weight is 503 g/mol. The molecule has 1 aromatic rings. The zero-order valence-corrected chi connectivity index (χ0v) is 19.2. The van der Waals surface area contributed by atoms with Crippen molar-refractivity contribution in [1.29, 1.82) is 0 Å². The second kappa shape index (κ2) is 13.6. The number of aromatic hydroxyl groups is 1. The first-order chi connectivity index (χ1) is 13.1. The minimum absolute atomic E-state index is 0. The van der Waals surface area contributed by atoms with Crippen molar-refractivity contribution in [1.82, 2.24) is 20.9 Å². The summed E-state index contributed by atoms with van der Waals surface area (Å²) in [5.41, 5.74) is 1.21. The summed E-state index contributed by atoms with van der Waals surface area (Å²) in [5.74, 6) is 1.25. The molecule has 7 nitrogen and oxygen atoms in total. The van der Waals surface area contributed by atoms with Crippen LogP contribution >= 0.6 is 24.0 Å². The maximum Gasteiger partial charge on any atom is 0.233 e. The van der Waals surface area contributed by atoms with Crippen molar-refractivity contribution in [3.05, 3.63) is 29.8 Å². The number of likely N-dealkylation sites (N-methyl/N-ethyl adjacent to an activating group) is 1. The number of aliphatic imine (C=N–C) groups is 1. The number of phenols is 1. The quantitative estimate of drug-likeness (QED) is 0.188. The van der Waals surface area contributed by atoms with Gasteiger partial charge in [0.25, 0.3) is 0 Å². The second-order valence-electron chi connectivity index (χ2n) is 6.90. The highest BCUT2D eigenvalue weighted by molar-refractivity contribution is 14.0. The number of amides is 1. The van der Waals surface area contributed by atoms with Gasteiger partial charge in [-0.15, -0.1) is 24.0 Å². The fraction of sp³-hybridized carbons (Fsp3) is 0.600. The number of carbonyl (C=O) groups is 1. The van der Waals surface area contributed by atoms with Crippen molar-refractivity contribution >= 4 is 35.8 Å². The van der Waals surface area contributed by atoms with E-state index in [2.05, 4.69) is 32.8 Å². The number of guanidine groups is 1. The summed E-state index contributed by atoms with van der Waals surface area (Å²) < 4.78 is 0. The Hall–Kier alpha value is -1.55. The van der Waals surface area contributed by atoms with E-state index in [-0.39, 0.29) is 29.9 Å². The molecular formula is C20H34IN5O2. The molecule has 8 heteroatoms. The third kappa shape index (κ3) is 9.09. The monoisotopic (exact) mass is 503 g/mol. The number of hydrogen-bond donors (Lipinski definition) is 4. The zero-order valence-electron chi connectivity index (χ0n) is 16.9. The third-order valence-corrected chi connectivity index (χ3v) is 4.75. The highest BCUT2D eigenvalue weighted by Gasteiger charge is 2.21. The van der Waals surface area contributed by atoms with Crippen LogP contribution in [0.15, 0.2) is 29.3 Å². The molecular weight excluding hydrogens is 469 g/mol. The van der Waals surface area contributed by atoms with Crippen LogP contribution in [0.25, 0.3) is 0 Å². The fourth-order valence-corrected chi connectivity index (χ4v) is 3.17. The predicted octanol–water partition coefficient (Wildman–Crippen LogP) is 1.71. The molecule has 4 N–H and O–H groups in total. The normalized spacial score (nSPS) is 15.6. The topological polar surface area (TPSA) is 89.0 Å². The summed E-state index contributed by atoms with van der Waals surface area (Å²) in [6, 6.07) is 7.74. The van der Waals surface area contributed by atoms with Gasteiger partial charge in [0.15, 0.2) is 5.96 Å². The lowest BCUT2D eigenvalue weighted by molar-refractivity contribution is -0.122. The third-order valence-electron chi connectivity index (χ3n) is 4.75. The summed E-state index contributed by atoms with van der Waals surface area (Å²) in [6.07, 6.45) is 3.93. The van der Waals surface area contributed by atoms with Crippen LogP contribution in [0.3, 0.4) is 0 Å². The summed E-state index contributed by atoms with van der Waals surface area (Å²) in [7, 11) is 1.68. The summed E-state index contributed by atoms with van der Waals surface area (Å²) in [5, 5.41) is 18.9. The van der Waals surface area contributed by atoms with E-state index in [1.165, 1.54) is 5.56 Å². The average Bonchev–Trinajstić information content (AvgIpc) is 2.68. The van der Waals surface area contributed by atoms with Gasteiger partial charge < -0.3 is 21.1 Å². The predicted molar refractivity (Wildman–Crippen MR) is 124 cm³/mol. The van der Waals surface area contributed by atoms with E-state index in [0.29, 0.717) is 18.3 Å². The van der Waals surface area contributed by atoms with E-state index in [0.717, 1.165) is 57.8 Å². The number of hydrogen-bond acceptors (Lipinski definition) is 4. The Kier molecular flexibility index (Phi) is 11.9. The number of nitrogens with one attached hydrogen (secondary N) is 3. The molecule has 2 rings (SSSR count). The van der Waals surface area contributed by atoms with E-state index >= 15 is 0 Å². The summed E-state index contributed by atoms with van der Waals surface area (Å²) in [6.45, 7) is 5.98. The van der Waals surface area contributed by atoms with Crippen LogP contribution in [0.5, 0.6) is 5.75 Å². The van der Waals surface area contributed by atoms with Gasteiger partial charge in [0.05, 0.1) is 6.54 Å². The van der Waals surface area contributed by atoms with Gasteiger partial charge in [-0.05, 0) is 50.3 Å². The van der Waals surface area contributed by atoms with Gasteiger partial charge in [0, 0.05) is 39.3 Å². The molecule has 1 aliphatic heterocycles. The molecule has 158 valence electrons. The largest absolute Gasteiger partial charge is 0.508 e. The SMILES string of the molecule is CCNC(=NCCCc1ccc(O)cc1)NC1CCN(CC(=O)NC)CC1.I. The Morgan fingerprint density at radius 1 is 1.25 bits per heavy atom. The maximum absolute atomic E-state index is 11.5. The smallest absolute Gasteiger partial charge is 0.233 e. The minimum atomic E-state index is 0. The van der Waals surface area contributed by atoms with Crippen LogP contribution in [-0.4, -0.2) is 67.7 Å². The zero-order chi connectivity index (χ0) is 19.5. The Morgan fingerprint density at radius 3 is 2.54 bits per heavy atom. The van der Waals surface area contributed by atoms with Crippen LogP contribution < -0.4 is 16.0 Å². The molecule has 0 spiro atoms. The van der Waals surface area contributed by atoms with Crippen LogP contribution in [0.2, 0.25) is 0 Å². The molecule has 0 aliphatic carbocycles. The van der Waals surface area contributed by atoms with Crippen molar-refractivity contribution < 1.29 is 9.90 Å². The first kappa shape index (κ1) is 24.5. The molecule has 0 atom stereocenters. The molecule has 0 bridgehead atoms. The molecule has 1 amide bonds. The van der Waals surface area contributed by atoms with Gasteiger partial charge in [-0.25, -0.2) is 0 Å². The number of aryl methyl sites for hydroxylation is 1. The van der Waals surface area contributed by atoms with Gasteiger partial charge in [0.1, 0.15) is 5.75 Å². The Balaban J connectivity index is 0.00000392. The Labute approximate surface area is 185 Å². The molecule has 28 heavy (non-hydrogen) atoms. The molecule has 0 saturated carbocycles. The lowest BCUT2D eigenvalue weighted by Gasteiger charge is -2.32. The standard InChI is InChI=1S/C20H33N5O2.HI/c1-3-22-20(23-12-4-5-16-6-8-18(26)9-7-16)24-17-10-13-25(14-11-17)15-19(27)21-2;/h6-9,17,26H,3-5,10-15H2,1-2H3,(H,21,27)(H2,22,23,24);1H. The van der Waals surface area contributed by atoms with Crippen molar-refractivity contribution in [2.24, 2.45) is 4.99 Å². The van der Waals surface area contributed by atoms with Crippen LogP contribution in [0.4, 0.5) is 0 Å². The number of rotatable bonds is 8. The van der Waals surface area contributed by atoms with Gasteiger partial charge in [0.2, 0.25) is 5.91 Å². The molecule has 0 unspecified atom stereocenters. The molecule has 1 saturated heterocycles.